The maximum Gasteiger partial charge on any atom is 0.233 e. The molecule has 2 heterocycles. The molecule has 3 aromatic rings. The maximum absolute atomic E-state index is 12.8. The van der Waals surface area contributed by atoms with Gasteiger partial charge >= 0.3 is 0 Å². The van der Waals surface area contributed by atoms with Gasteiger partial charge in [0.05, 0.1) is 24.2 Å². The minimum Gasteiger partial charge on any atom is -0.378 e. The normalized spacial score (nSPS) is 14.9. The Balaban J connectivity index is 1.52. The van der Waals surface area contributed by atoms with Gasteiger partial charge in [-0.3, -0.25) is 9.36 Å². The monoisotopic (exact) mass is 451 g/mol. The van der Waals surface area contributed by atoms with Gasteiger partial charge in [0.1, 0.15) is 0 Å². The SMILES string of the molecule is Cc1ccc(CNC(=O)C(C)Sc2nnc(N3CCOCC3)n2-c2cccc(C)c2)cc1. The molecule has 0 bridgehead atoms. The molecule has 0 aliphatic carbocycles. The molecule has 0 radical (unpaired) electrons. The number of hydrogen-bond acceptors (Lipinski definition) is 6. The Morgan fingerprint density at radius 1 is 1.09 bits per heavy atom. The van der Waals surface area contributed by atoms with Crippen LogP contribution in [-0.4, -0.2) is 52.2 Å². The molecule has 1 saturated heterocycles. The van der Waals surface area contributed by atoms with Gasteiger partial charge in [0, 0.05) is 19.6 Å². The molecule has 1 atom stereocenters. The summed E-state index contributed by atoms with van der Waals surface area (Å²) < 4.78 is 7.55. The molecule has 4 rings (SSSR count). The lowest BCUT2D eigenvalue weighted by Gasteiger charge is -2.28. The number of rotatable bonds is 7. The predicted molar refractivity (Wildman–Crippen MR) is 127 cm³/mol. The number of carbonyl (C=O) groups is 1. The van der Waals surface area contributed by atoms with E-state index in [-0.39, 0.29) is 11.2 Å². The molecule has 7 nitrogen and oxygen atoms in total. The Kier molecular flexibility index (Phi) is 7.12. The first kappa shape index (κ1) is 22.4. The molecular formula is C24H29N5O2S. The number of amides is 1. The molecule has 1 aliphatic heterocycles. The van der Waals surface area contributed by atoms with Crippen molar-refractivity contribution in [2.75, 3.05) is 31.2 Å². The van der Waals surface area contributed by atoms with E-state index in [9.17, 15) is 4.79 Å². The van der Waals surface area contributed by atoms with Gasteiger partial charge in [0.15, 0.2) is 5.16 Å². The van der Waals surface area contributed by atoms with Crippen LogP contribution in [0.2, 0.25) is 0 Å². The van der Waals surface area contributed by atoms with Crippen molar-refractivity contribution in [2.45, 2.75) is 37.7 Å². The molecule has 0 spiro atoms. The van der Waals surface area contributed by atoms with Crippen LogP contribution < -0.4 is 10.2 Å². The number of aryl methyl sites for hydroxylation is 2. The highest BCUT2D eigenvalue weighted by molar-refractivity contribution is 8.00. The Bertz CT molecular complexity index is 1060. The standard InChI is InChI=1S/C24H29N5O2S/c1-17-7-9-20(10-8-17)16-25-22(30)19(3)32-24-27-26-23(28-11-13-31-14-12-28)29(24)21-6-4-5-18(2)15-21/h4-10,15,19H,11-14,16H2,1-3H3,(H,25,30). The lowest BCUT2D eigenvalue weighted by Crippen LogP contribution is -2.38. The first-order chi connectivity index (χ1) is 15.5. The summed E-state index contributed by atoms with van der Waals surface area (Å²) in [6.45, 7) is 9.39. The summed E-state index contributed by atoms with van der Waals surface area (Å²) in [5.41, 5.74) is 4.43. The predicted octanol–water partition coefficient (Wildman–Crippen LogP) is 3.52. The minimum atomic E-state index is -0.314. The molecule has 1 N–H and O–H groups in total. The Morgan fingerprint density at radius 3 is 2.56 bits per heavy atom. The Morgan fingerprint density at radius 2 is 1.84 bits per heavy atom. The molecule has 8 heteroatoms. The largest absolute Gasteiger partial charge is 0.378 e. The molecule has 1 aliphatic rings. The molecule has 1 aromatic heterocycles. The number of hydrogen-bond donors (Lipinski definition) is 1. The van der Waals surface area contributed by atoms with Crippen LogP contribution in [0, 0.1) is 13.8 Å². The fraction of sp³-hybridized carbons (Fsp3) is 0.375. The van der Waals surface area contributed by atoms with Gasteiger partial charge in [-0.05, 0) is 44.0 Å². The number of morpholine rings is 1. The third kappa shape index (κ3) is 5.31. The van der Waals surface area contributed by atoms with Gasteiger partial charge in [-0.1, -0.05) is 53.7 Å². The van der Waals surface area contributed by atoms with E-state index in [0.29, 0.717) is 24.9 Å². The molecule has 2 aromatic carbocycles. The quantitative estimate of drug-likeness (QED) is 0.554. The Labute approximate surface area is 193 Å². The summed E-state index contributed by atoms with van der Waals surface area (Å²) in [4.78, 5) is 15.0. The third-order valence-electron chi connectivity index (χ3n) is 5.41. The van der Waals surface area contributed by atoms with Gasteiger partial charge in [-0.15, -0.1) is 10.2 Å². The van der Waals surface area contributed by atoms with Crippen molar-refractivity contribution in [2.24, 2.45) is 0 Å². The van der Waals surface area contributed by atoms with E-state index >= 15 is 0 Å². The second kappa shape index (κ2) is 10.2. The molecule has 32 heavy (non-hydrogen) atoms. The zero-order valence-corrected chi connectivity index (χ0v) is 19.6. The van der Waals surface area contributed by atoms with Crippen LogP contribution in [0.3, 0.4) is 0 Å². The average Bonchev–Trinajstić information content (AvgIpc) is 3.22. The number of ether oxygens (including phenoxy) is 1. The van der Waals surface area contributed by atoms with Gasteiger partial charge < -0.3 is 15.0 Å². The molecule has 1 fully saturated rings. The van der Waals surface area contributed by atoms with Gasteiger partial charge in [0.25, 0.3) is 0 Å². The molecule has 168 valence electrons. The van der Waals surface area contributed by atoms with Crippen LogP contribution in [0.25, 0.3) is 5.69 Å². The highest BCUT2D eigenvalue weighted by atomic mass is 32.2. The fourth-order valence-electron chi connectivity index (χ4n) is 3.55. The molecule has 1 unspecified atom stereocenters. The summed E-state index contributed by atoms with van der Waals surface area (Å²) >= 11 is 1.42. The van der Waals surface area contributed by atoms with Crippen molar-refractivity contribution in [1.29, 1.82) is 0 Å². The van der Waals surface area contributed by atoms with Gasteiger partial charge in [0.2, 0.25) is 11.9 Å². The number of benzene rings is 2. The van der Waals surface area contributed by atoms with E-state index in [1.54, 1.807) is 0 Å². The second-order valence-corrected chi connectivity index (χ2v) is 9.33. The fourth-order valence-corrected chi connectivity index (χ4v) is 4.44. The third-order valence-corrected chi connectivity index (χ3v) is 6.45. The zero-order valence-electron chi connectivity index (χ0n) is 18.7. The topological polar surface area (TPSA) is 72.3 Å². The van der Waals surface area contributed by atoms with Crippen molar-refractivity contribution in [1.82, 2.24) is 20.1 Å². The lowest BCUT2D eigenvalue weighted by atomic mass is 10.1. The van der Waals surface area contributed by atoms with E-state index in [0.717, 1.165) is 35.9 Å². The van der Waals surface area contributed by atoms with Crippen LogP contribution in [0.15, 0.2) is 53.7 Å². The van der Waals surface area contributed by atoms with E-state index in [4.69, 9.17) is 4.74 Å². The van der Waals surface area contributed by atoms with Crippen molar-refractivity contribution in [3.8, 4) is 5.69 Å². The summed E-state index contributed by atoms with van der Waals surface area (Å²) in [6.07, 6.45) is 0. The maximum atomic E-state index is 12.8. The van der Waals surface area contributed by atoms with Gasteiger partial charge in [-0.25, -0.2) is 0 Å². The molecule has 0 saturated carbocycles. The van der Waals surface area contributed by atoms with Crippen LogP contribution in [0.5, 0.6) is 0 Å². The summed E-state index contributed by atoms with van der Waals surface area (Å²) in [6, 6.07) is 16.4. The van der Waals surface area contributed by atoms with Crippen molar-refractivity contribution in [3.05, 3.63) is 65.2 Å². The number of anilines is 1. The van der Waals surface area contributed by atoms with Crippen molar-refractivity contribution < 1.29 is 9.53 Å². The Hall–Kier alpha value is -2.84. The highest BCUT2D eigenvalue weighted by Crippen LogP contribution is 2.30. The number of nitrogens with zero attached hydrogens (tertiary/aromatic N) is 4. The number of thioether (sulfide) groups is 1. The van der Waals surface area contributed by atoms with Crippen molar-refractivity contribution >= 4 is 23.6 Å². The second-order valence-electron chi connectivity index (χ2n) is 8.02. The van der Waals surface area contributed by atoms with E-state index in [2.05, 4.69) is 58.5 Å². The number of aromatic nitrogens is 3. The molecule has 1 amide bonds. The summed E-state index contributed by atoms with van der Waals surface area (Å²) in [5.74, 6) is 0.760. The number of carbonyl (C=O) groups excluding carboxylic acids is 1. The van der Waals surface area contributed by atoms with Crippen LogP contribution >= 0.6 is 11.8 Å². The first-order valence-electron chi connectivity index (χ1n) is 10.9. The summed E-state index contributed by atoms with van der Waals surface area (Å²) in [5, 5.41) is 12.4. The van der Waals surface area contributed by atoms with Crippen LogP contribution in [0.4, 0.5) is 5.95 Å². The summed E-state index contributed by atoms with van der Waals surface area (Å²) in [7, 11) is 0. The number of nitrogens with one attached hydrogen (secondary N) is 1. The van der Waals surface area contributed by atoms with Crippen LogP contribution in [0.1, 0.15) is 23.6 Å². The average molecular weight is 452 g/mol. The minimum absolute atomic E-state index is 0.0257. The van der Waals surface area contributed by atoms with E-state index < -0.39 is 0 Å². The molecular weight excluding hydrogens is 422 g/mol. The van der Waals surface area contributed by atoms with Crippen molar-refractivity contribution in [3.63, 3.8) is 0 Å². The van der Waals surface area contributed by atoms with E-state index in [1.807, 2.05) is 35.8 Å². The zero-order chi connectivity index (χ0) is 22.5. The van der Waals surface area contributed by atoms with E-state index in [1.165, 1.54) is 17.3 Å². The lowest BCUT2D eigenvalue weighted by molar-refractivity contribution is -0.120. The van der Waals surface area contributed by atoms with Gasteiger partial charge in [-0.2, -0.15) is 0 Å². The van der Waals surface area contributed by atoms with Crippen LogP contribution in [-0.2, 0) is 16.1 Å². The smallest absolute Gasteiger partial charge is 0.233 e. The highest BCUT2D eigenvalue weighted by Gasteiger charge is 2.24. The first-order valence-corrected chi connectivity index (χ1v) is 11.7.